The van der Waals surface area contributed by atoms with Crippen LogP contribution in [0, 0.1) is 16.7 Å². The number of cyclic esters (lactones) is 1. The van der Waals surface area contributed by atoms with Crippen molar-refractivity contribution in [2.45, 2.75) is 71.5 Å². The van der Waals surface area contributed by atoms with Gasteiger partial charge in [-0.1, -0.05) is 20.3 Å². The third kappa shape index (κ3) is 3.46. The Morgan fingerprint density at radius 1 is 1.27 bits per heavy atom. The van der Waals surface area contributed by atoms with Gasteiger partial charge in [-0.15, -0.1) is 0 Å². The third-order valence-corrected chi connectivity index (χ3v) is 8.63. The van der Waals surface area contributed by atoms with Gasteiger partial charge in [-0.3, -0.25) is 4.79 Å². The molecule has 7 nitrogen and oxygen atoms in total. The molecule has 2 N–H and O–H groups in total. The Hall–Kier alpha value is -2.12. The number of Topliss-reactive ketones (excluding diaryl/α,β-unsaturated/α-hetero) is 1. The number of aliphatic hydroxyl groups is 2. The van der Waals surface area contributed by atoms with Gasteiger partial charge in [0, 0.05) is 43.5 Å². The first-order valence-corrected chi connectivity index (χ1v) is 12.1. The predicted molar refractivity (Wildman–Crippen MR) is 123 cm³/mol. The summed E-state index contributed by atoms with van der Waals surface area (Å²) in [5, 5.41) is 22.0. The van der Waals surface area contributed by atoms with E-state index in [0.29, 0.717) is 30.4 Å². The lowest BCUT2D eigenvalue weighted by Crippen LogP contribution is -2.53. The van der Waals surface area contributed by atoms with Gasteiger partial charge in [-0.25, -0.2) is 4.79 Å². The molecule has 1 saturated heterocycles. The van der Waals surface area contributed by atoms with Crippen LogP contribution in [0.2, 0.25) is 0 Å². The lowest BCUT2D eigenvalue weighted by Gasteiger charge is -2.52. The number of ketones is 1. The molecule has 4 aliphatic rings. The number of rotatable bonds is 6. The Morgan fingerprint density at radius 3 is 2.67 bits per heavy atom. The number of ether oxygens (including phenoxy) is 2. The van der Waals surface area contributed by atoms with Crippen molar-refractivity contribution in [2.24, 2.45) is 16.7 Å². The second-order valence-corrected chi connectivity index (χ2v) is 10.5. The van der Waals surface area contributed by atoms with Crippen molar-refractivity contribution in [2.75, 3.05) is 27.3 Å². The Morgan fingerprint density at radius 2 is 2.00 bits per heavy atom. The quantitative estimate of drug-likeness (QED) is 0.464. The molecule has 3 aliphatic carbocycles. The minimum atomic E-state index is -0.871. The van der Waals surface area contributed by atoms with E-state index in [1.54, 1.807) is 13.3 Å². The highest BCUT2D eigenvalue weighted by molar-refractivity contribution is 6.12. The number of allylic oxidation sites excluding steroid dienone is 1. The van der Waals surface area contributed by atoms with E-state index in [-0.39, 0.29) is 29.3 Å². The zero-order valence-electron chi connectivity index (χ0n) is 20.4. The monoisotopic (exact) mass is 459 g/mol. The van der Waals surface area contributed by atoms with Gasteiger partial charge in [0.1, 0.15) is 6.10 Å². The maximum Gasteiger partial charge on any atom is 0.340 e. The van der Waals surface area contributed by atoms with Crippen molar-refractivity contribution in [1.29, 1.82) is 0 Å². The molecule has 7 heteroatoms. The molecule has 0 aromatic heterocycles. The average Bonchev–Trinajstić information content (AvgIpc) is 3.08. The number of nitrogens with zero attached hydrogens (tertiary/aromatic N) is 1. The molecule has 0 bridgehead atoms. The second kappa shape index (κ2) is 8.58. The Balaban J connectivity index is 1.88. The van der Waals surface area contributed by atoms with Crippen molar-refractivity contribution in [3.05, 3.63) is 34.3 Å². The molecule has 1 unspecified atom stereocenters. The maximum absolute atomic E-state index is 13.7. The third-order valence-electron chi connectivity index (χ3n) is 8.63. The van der Waals surface area contributed by atoms with Gasteiger partial charge in [0.15, 0.2) is 5.76 Å². The number of unbranched alkanes of at least 4 members (excludes halogenated alkanes) is 1. The molecular weight excluding hydrogens is 422 g/mol. The molecule has 5 atom stereocenters. The molecule has 1 aliphatic heterocycles. The summed E-state index contributed by atoms with van der Waals surface area (Å²) in [5.74, 6) is -1.44. The fraction of sp³-hybridized carbons (Fsp3) is 0.692. The van der Waals surface area contributed by atoms with E-state index in [1.807, 2.05) is 25.8 Å². The van der Waals surface area contributed by atoms with Gasteiger partial charge in [-0.2, -0.15) is 0 Å². The van der Waals surface area contributed by atoms with Gasteiger partial charge in [0.2, 0.25) is 5.78 Å². The Labute approximate surface area is 196 Å². The molecule has 2 fully saturated rings. The molecule has 0 aromatic carbocycles. The second-order valence-electron chi connectivity index (χ2n) is 10.5. The first-order chi connectivity index (χ1) is 15.6. The lowest BCUT2D eigenvalue weighted by molar-refractivity contribution is -0.156. The van der Waals surface area contributed by atoms with Crippen LogP contribution in [0.15, 0.2) is 34.3 Å². The number of esters is 1. The number of fused-ring (bicyclic) bond motifs is 4. The van der Waals surface area contributed by atoms with Crippen LogP contribution in [0.3, 0.4) is 0 Å². The van der Waals surface area contributed by atoms with E-state index >= 15 is 0 Å². The minimum Gasteiger partial charge on any atom is -0.504 e. The zero-order chi connectivity index (χ0) is 24.1. The summed E-state index contributed by atoms with van der Waals surface area (Å²) in [7, 11) is 3.44. The summed E-state index contributed by atoms with van der Waals surface area (Å²) in [5.41, 5.74) is 0.874. The average molecular weight is 460 g/mol. The smallest absolute Gasteiger partial charge is 0.340 e. The first-order valence-electron chi connectivity index (χ1n) is 12.1. The summed E-state index contributed by atoms with van der Waals surface area (Å²) in [6, 6.07) is 0. The molecule has 1 saturated carbocycles. The van der Waals surface area contributed by atoms with Crippen LogP contribution in [0.5, 0.6) is 0 Å². The SMILES string of the molecule is CCCCN(C)/C=C1/C(=O)O[C@H](COC)[C@]2(C)C3=C(C(=O)C(O)=C12)C1CC[C@H](O)[C@@]1(C)CC3. The molecule has 0 radical (unpaired) electrons. The topological polar surface area (TPSA) is 96.3 Å². The number of hydrogen-bond acceptors (Lipinski definition) is 7. The Kier molecular flexibility index (Phi) is 6.25. The fourth-order valence-electron chi connectivity index (χ4n) is 6.58. The molecule has 0 spiro atoms. The van der Waals surface area contributed by atoms with Crippen molar-refractivity contribution in [3.63, 3.8) is 0 Å². The van der Waals surface area contributed by atoms with Crippen LogP contribution >= 0.6 is 0 Å². The number of methoxy groups -OCH3 is 1. The van der Waals surface area contributed by atoms with E-state index in [0.717, 1.165) is 31.4 Å². The van der Waals surface area contributed by atoms with E-state index in [9.17, 15) is 19.8 Å². The van der Waals surface area contributed by atoms with Crippen LogP contribution in [0.1, 0.15) is 59.3 Å². The van der Waals surface area contributed by atoms with Gasteiger partial charge in [-0.05, 0) is 50.5 Å². The van der Waals surface area contributed by atoms with Gasteiger partial charge in [0.05, 0.1) is 23.7 Å². The fourth-order valence-corrected chi connectivity index (χ4v) is 6.58. The maximum atomic E-state index is 13.7. The van der Waals surface area contributed by atoms with Crippen molar-refractivity contribution in [1.82, 2.24) is 4.90 Å². The van der Waals surface area contributed by atoms with Crippen LogP contribution in [0.4, 0.5) is 0 Å². The summed E-state index contributed by atoms with van der Waals surface area (Å²) < 4.78 is 11.3. The van der Waals surface area contributed by atoms with E-state index < -0.39 is 29.4 Å². The van der Waals surface area contributed by atoms with Crippen LogP contribution < -0.4 is 0 Å². The molecule has 0 amide bonds. The van der Waals surface area contributed by atoms with E-state index in [2.05, 4.69) is 6.92 Å². The normalized spacial score (nSPS) is 37.2. The first kappa shape index (κ1) is 24.0. The van der Waals surface area contributed by atoms with Crippen molar-refractivity contribution in [3.8, 4) is 0 Å². The molecule has 33 heavy (non-hydrogen) atoms. The summed E-state index contributed by atoms with van der Waals surface area (Å²) in [6.45, 7) is 7.02. The number of carbonyl (C=O) groups excluding carboxylic acids is 2. The minimum absolute atomic E-state index is 0.121. The van der Waals surface area contributed by atoms with Gasteiger partial charge < -0.3 is 24.6 Å². The van der Waals surface area contributed by atoms with Crippen molar-refractivity contribution >= 4 is 11.8 Å². The van der Waals surface area contributed by atoms with E-state index in [1.165, 1.54) is 0 Å². The lowest BCUT2D eigenvalue weighted by atomic mass is 9.54. The van der Waals surface area contributed by atoms with Crippen LogP contribution in [0.25, 0.3) is 0 Å². The van der Waals surface area contributed by atoms with Crippen LogP contribution in [-0.2, 0) is 19.1 Å². The van der Waals surface area contributed by atoms with Gasteiger partial charge >= 0.3 is 5.97 Å². The zero-order valence-corrected chi connectivity index (χ0v) is 20.4. The molecular formula is C26H37NO6. The number of hydrogen-bond donors (Lipinski definition) is 2. The number of aliphatic hydroxyl groups excluding tert-OH is 2. The van der Waals surface area contributed by atoms with E-state index in [4.69, 9.17) is 9.47 Å². The molecule has 4 rings (SSSR count). The Bertz CT molecular complexity index is 948. The van der Waals surface area contributed by atoms with Crippen LogP contribution in [-0.4, -0.2) is 66.4 Å². The predicted octanol–water partition coefficient (Wildman–Crippen LogP) is 3.44. The van der Waals surface area contributed by atoms with Gasteiger partial charge in [0.25, 0.3) is 0 Å². The summed E-state index contributed by atoms with van der Waals surface area (Å²) in [6.07, 6.45) is 5.26. The molecule has 0 aromatic rings. The standard InChI is InChI=1S/C26H37NO6/c1-6-7-12-27(4)13-15-21-23(30)22(29)20-16-8-9-18(28)25(16,2)11-10-17(20)26(21,3)19(14-32-5)33-24(15)31/h13,16,18-19,28,30H,6-12,14H2,1-5H3/b15-13+/t16?,18-,19+,25-,26-/m0/s1. The molecule has 182 valence electrons. The highest BCUT2D eigenvalue weighted by Gasteiger charge is 2.61. The van der Waals surface area contributed by atoms with Crippen molar-refractivity contribution < 1.29 is 29.3 Å². The summed E-state index contributed by atoms with van der Waals surface area (Å²) >= 11 is 0. The number of carbonyl (C=O) groups is 2. The highest BCUT2D eigenvalue weighted by Crippen LogP contribution is 2.62. The summed E-state index contributed by atoms with van der Waals surface area (Å²) in [4.78, 5) is 28.7. The largest absolute Gasteiger partial charge is 0.504 e. The highest BCUT2D eigenvalue weighted by atomic mass is 16.6. The molecule has 1 heterocycles.